The van der Waals surface area contributed by atoms with Crippen LogP contribution in [0.1, 0.15) is 25.7 Å². The number of ether oxygens (including phenoxy) is 5. The summed E-state index contributed by atoms with van der Waals surface area (Å²) < 4.78 is 28.9. The first-order valence-electron chi connectivity index (χ1n) is 9.06. The molecule has 2 saturated heterocycles. The zero-order valence-electron chi connectivity index (χ0n) is 15.9. The fraction of sp³-hybridized carbons (Fsp3) is 0.579. The highest BCUT2D eigenvalue weighted by Crippen LogP contribution is 2.35. The van der Waals surface area contributed by atoms with E-state index in [1.807, 2.05) is 30.3 Å². The van der Waals surface area contributed by atoms with Crippen LogP contribution in [0.5, 0.6) is 0 Å². The highest BCUT2D eigenvalue weighted by Gasteiger charge is 2.52. The minimum atomic E-state index is -1.12. The number of carboxylic acids is 1. The van der Waals surface area contributed by atoms with E-state index >= 15 is 0 Å². The van der Waals surface area contributed by atoms with E-state index in [1.165, 1.54) is 21.0 Å². The first-order chi connectivity index (χ1) is 13.4. The molecule has 1 amide bonds. The lowest BCUT2D eigenvalue weighted by Gasteiger charge is -2.49. The molecule has 0 aliphatic carbocycles. The maximum absolute atomic E-state index is 11.7. The second kappa shape index (κ2) is 8.97. The van der Waals surface area contributed by atoms with Crippen molar-refractivity contribution in [1.82, 2.24) is 5.32 Å². The van der Waals surface area contributed by atoms with E-state index in [1.54, 1.807) is 0 Å². The molecular weight excluding hydrogens is 370 g/mol. The minimum Gasteiger partial charge on any atom is -0.479 e. The van der Waals surface area contributed by atoms with Crippen LogP contribution in [0.4, 0.5) is 0 Å². The van der Waals surface area contributed by atoms with Gasteiger partial charge < -0.3 is 34.1 Å². The van der Waals surface area contributed by atoms with E-state index < -0.39 is 49.0 Å². The van der Waals surface area contributed by atoms with E-state index in [0.717, 1.165) is 5.56 Å². The monoisotopic (exact) mass is 395 g/mol. The van der Waals surface area contributed by atoms with Gasteiger partial charge in [0.2, 0.25) is 5.91 Å². The first kappa shape index (κ1) is 20.7. The molecule has 0 unspecified atom stereocenters. The van der Waals surface area contributed by atoms with Crippen LogP contribution < -0.4 is 5.32 Å². The number of methoxy groups -OCH3 is 1. The number of benzene rings is 1. The molecule has 2 aliphatic rings. The Labute approximate surface area is 162 Å². The van der Waals surface area contributed by atoms with Crippen molar-refractivity contribution >= 4 is 11.9 Å². The van der Waals surface area contributed by atoms with E-state index in [2.05, 4.69) is 5.32 Å². The predicted octanol–water partition coefficient (Wildman–Crippen LogP) is 0.835. The van der Waals surface area contributed by atoms with E-state index in [9.17, 15) is 14.7 Å². The van der Waals surface area contributed by atoms with Gasteiger partial charge in [-0.2, -0.15) is 0 Å². The fourth-order valence-corrected chi connectivity index (χ4v) is 3.40. The summed E-state index contributed by atoms with van der Waals surface area (Å²) >= 11 is 0. The number of amides is 1. The molecule has 0 radical (unpaired) electrons. The molecule has 2 N–H and O–H groups in total. The van der Waals surface area contributed by atoms with Gasteiger partial charge in [-0.25, -0.2) is 4.79 Å². The Morgan fingerprint density at radius 1 is 1.25 bits per heavy atom. The normalized spacial score (nSPS) is 33.5. The van der Waals surface area contributed by atoms with Gasteiger partial charge in [-0.15, -0.1) is 0 Å². The Hall–Kier alpha value is -2.04. The summed E-state index contributed by atoms with van der Waals surface area (Å²) in [7, 11) is 1.44. The van der Waals surface area contributed by atoms with Gasteiger partial charge in [0.25, 0.3) is 0 Å². The minimum absolute atomic E-state index is 0.207. The summed E-state index contributed by atoms with van der Waals surface area (Å²) in [4.78, 5) is 23.1. The molecule has 3 rings (SSSR count). The van der Waals surface area contributed by atoms with Gasteiger partial charge in [0.1, 0.15) is 24.4 Å². The summed E-state index contributed by atoms with van der Waals surface area (Å²) in [5.74, 6) is -1.44. The largest absolute Gasteiger partial charge is 0.479 e. The smallest absolute Gasteiger partial charge is 0.332 e. The number of carbonyl (C=O) groups is 2. The Bertz CT molecular complexity index is 684. The van der Waals surface area contributed by atoms with Crippen LogP contribution in [0.3, 0.4) is 0 Å². The topological polar surface area (TPSA) is 113 Å². The molecular formula is C19H25NO8. The quantitative estimate of drug-likeness (QED) is 0.729. The van der Waals surface area contributed by atoms with Crippen LogP contribution in [-0.2, 0) is 33.3 Å². The summed E-state index contributed by atoms with van der Waals surface area (Å²) in [5, 5.41) is 12.0. The number of fused-ring (bicyclic) bond motifs is 1. The lowest BCUT2D eigenvalue weighted by Crippen LogP contribution is -2.67. The van der Waals surface area contributed by atoms with Crippen LogP contribution in [-0.4, -0.2) is 67.4 Å². The van der Waals surface area contributed by atoms with Crippen LogP contribution in [0.15, 0.2) is 30.3 Å². The first-order valence-corrected chi connectivity index (χ1v) is 9.06. The number of carboxylic acid groups (broad SMARTS) is 1. The van der Waals surface area contributed by atoms with Crippen molar-refractivity contribution in [1.29, 1.82) is 0 Å². The molecule has 0 bridgehead atoms. The lowest BCUT2D eigenvalue weighted by molar-refractivity contribution is -0.347. The average Bonchev–Trinajstić information content (AvgIpc) is 2.69. The van der Waals surface area contributed by atoms with Crippen molar-refractivity contribution < 1.29 is 38.4 Å². The molecule has 9 heteroatoms. The molecule has 2 heterocycles. The van der Waals surface area contributed by atoms with Crippen molar-refractivity contribution in [3.05, 3.63) is 35.9 Å². The molecule has 2 aliphatic heterocycles. The van der Waals surface area contributed by atoms with E-state index in [0.29, 0.717) is 0 Å². The van der Waals surface area contributed by atoms with Crippen molar-refractivity contribution in [2.45, 2.75) is 56.9 Å². The third kappa shape index (κ3) is 4.50. The van der Waals surface area contributed by atoms with Gasteiger partial charge in [0, 0.05) is 19.6 Å². The molecule has 0 saturated carbocycles. The Morgan fingerprint density at radius 2 is 1.96 bits per heavy atom. The summed E-state index contributed by atoms with van der Waals surface area (Å²) in [6, 6.07) is 8.61. The second-order valence-corrected chi connectivity index (χ2v) is 6.76. The molecule has 28 heavy (non-hydrogen) atoms. The number of rotatable bonds is 6. The molecule has 9 nitrogen and oxygen atoms in total. The van der Waals surface area contributed by atoms with E-state index in [4.69, 9.17) is 23.7 Å². The van der Waals surface area contributed by atoms with Crippen LogP contribution in [0.25, 0.3) is 0 Å². The number of carbonyl (C=O) groups excluding carboxylic acids is 1. The van der Waals surface area contributed by atoms with Crippen LogP contribution >= 0.6 is 0 Å². The summed E-state index contributed by atoms with van der Waals surface area (Å²) in [6.45, 7) is 2.99. The summed E-state index contributed by atoms with van der Waals surface area (Å²) in [6.07, 6.45) is -4.62. The number of nitrogens with one attached hydrogen (secondary N) is 1. The van der Waals surface area contributed by atoms with Crippen LogP contribution in [0.2, 0.25) is 0 Å². The Morgan fingerprint density at radius 3 is 2.57 bits per heavy atom. The maximum atomic E-state index is 11.7. The van der Waals surface area contributed by atoms with Gasteiger partial charge in [-0.3, -0.25) is 4.79 Å². The molecule has 1 aromatic rings. The molecule has 0 aromatic heterocycles. The van der Waals surface area contributed by atoms with Gasteiger partial charge in [-0.05, 0) is 6.92 Å². The molecule has 2 fully saturated rings. The third-order valence-corrected chi connectivity index (χ3v) is 4.72. The number of hydrogen-bond acceptors (Lipinski definition) is 7. The third-order valence-electron chi connectivity index (χ3n) is 4.72. The maximum Gasteiger partial charge on any atom is 0.332 e. The molecule has 154 valence electrons. The molecule has 1 aromatic carbocycles. The van der Waals surface area contributed by atoms with Crippen molar-refractivity contribution in [3.63, 3.8) is 0 Å². The number of aliphatic carboxylic acids is 1. The number of hydrogen-bond donors (Lipinski definition) is 2. The molecule has 7 atom stereocenters. The Balaban J connectivity index is 1.88. The summed E-state index contributed by atoms with van der Waals surface area (Å²) in [5.41, 5.74) is 0.816. The average molecular weight is 395 g/mol. The zero-order valence-corrected chi connectivity index (χ0v) is 15.9. The fourth-order valence-electron chi connectivity index (χ4n) is 3.40. The SMILES string of the molecule is CO[C@@H]1O[C@@H]2CO[C@@H](c3ccccc3)O[C@H]2[C@H](O[C@H](C)C(=O)O)[C@H]1NC(C)=O. The van der Waals surface area contributed by atoms with Crippen molar-refractivity contribution in [3.8, 4) is 0 Å². The zero-order chi connectivity index (χ0) is 20.3. The predicted molar refractivity (Wildman–Crippen MR) is 95.3 cm³/mol. The van der Waals surface area contributed by atoms with Gasteiger partial charge >= 0.3 is 5.97 Å². The highest BCUT2D eigenvalue weighted by molar-refractivity contribution is 5.73. The van der Waals surface area contributed by atoms with E-state index in [-0.39, 0.29) is 12.5 Å². The van der Waals surface area contributed by atoms with Crippen molar-refractivity contribution in [2.75, 3.05) is 13.7 Å². The Kier molecular flexibility index (Phi) is 6.63. The lowest BCUT2D eigenvalue weighted by atomic mass is 9.95. The highest BCUT2D eigenvalue weighted by atomic mass is 16.7. The van der Waals surface area contributed by atoms with Crippen molar-refractivity contribution in [2.24, 2.45) is 0 Å². The molecule has 0 spiro atoms. The van der Waals surface area contributed by atoms with Gasteiger partial charge in [-0.1, -0.05) is 30.3 Å². The van der Waals surface area contributed by atoms with Gasteiger partial charge in [0.15, 0.2) is 18.7 Å². The second-order valence-electron chi connectivity index (χ2n) is 6.76. The van der Waals surface area contributed by atoms with Gasteiger partial charge in [0.05, 0.1) is 6.61 Å². The van der Waals surface area contributed by atoms with Crippen LogP contribution in [0, 0.1) is 0 Å². The standard InChI is InChI=1S/C19H25NO8/c1-10(17(22)23)26-16-14(20-11(2)21)19(24-3)27-13-9-25-18(28-15(13)16)12-7-5-4-6-8-12/h4-8,10,13-16,18-19H,9H2,1-3H3,(H,20,21)(H,22,23)/t10-,13-,14-,15-,16-,18-,19-/m1/s1.